The van der Waals surface area contributed by atoms with Crippen molar-refractivity contribution in [1.29, 1.82) is 0 Å². The first-order chi connectivity index (χ1) is 15.3. The topological polar surface area (TPSA) is 71.2 Å². The molecule has 0 amide bonds. The van der Waals surface area contributed by atoms with E-state index in [1.807, 2.05) is 0 Å². The molecule has 170 valence electrons. The zero-order valence-electron chi connectivity index (χ0n) is 16.5. The molecular weight excluding hydrogens is 522 g/mol. The fourth-order valence-corrected chi connectivity index (χ4v) is 3.64. The fraction of sp³-hybridized carbons (Fsp3) is 0.250. The van der Waals surface area contributed by atoms with Crippen LogP contribution in [-0.4, -0.2) is 33.0 Å². The Kier molecular flexibility index (Phi) is 9.13. The minimum absolute atomic E-state index is 0.109. The van der Waals surface area contributed by atoms with Crippen LogP contribution in [0.1, 0.15) is 12.8 Å². The quantitative estimate of drug-likeness (QED) is 0.299. The highest BCUT2D eigenvalue weighted by Crippen LogP contribution is 2.37. The summed E-state index contributed by atoms with van der Waals surface area (Å²) < 4.78 is 12.7. The number of hydrogen-bond acceptors (Lipinski definition) is 5. The van der Waals surface area contributed by atoms with E-state index >= 15 is 0 Å². The van der Waals surface area contributed by atoms with Gasteiger partial charge in [-0.05, 0) is 42.3 Å². The number of rotatable bonds is 10. The van der Waals surface area contributed by atoms with Crippen LogP contribution < -0.4 is 15.2 Å². The van der Waals surface area contributed by atoms with E-state index < -0.39 is 5.69 Å². The van der Waals surface area contributed by atoms with E-state index in [1.54, 1.807) is 36.4 Å². The smallest absolute Gasteiger partial charge is 0.388 e. The maximum atomic E-state index is 12.1. The molecule has 0 atom stereocenters. The number of hydrogen-bond donors (Lipinski definition) is 0. The Morgan fingerprint density at radius 3 is 2.47 bits per heavy atom. The first-order valence-corrected chi connectivity index (χ1v) is 11.3. The lowest BCUT2D eigenvalue weighted by Crippen LogP contribution is -2.22. The Bertz CT molecular complexity index is 1140. The predicted molar refractivity (Wildman–Crippen MR) is 127 cm³/mol. The molecule has 0 saturated heterocycles. The molecule has 0 bridgehead atoms. The van der Waals surface area contributed by atoms with Crippen LogP contribution >= 0.6 is 58.0 Å². The van der Waals surface area contributed by atoms with Crippen molar-refractivity contribution in [2.45, 2.75) is 19.4 Å². The van der Waals surface area contributed by atoms with Crippen LogP contribution in [0.2, 0.25) is 15.1 Å². The molecule has 0 aliphatic rings. The molecular formula is C20H17Cl5N4O3. The molecule has 1 heterocycles. The third-order valence-electron chi connectivity index (χ3n) is 4.16. The Morgan fingerprint density at radius 1 is 1.03 bits per heavy atom. The number of benzene rings is 2. The number of tetrazole rings is 1. The van der Waals surface area contributed by atoms with Gasteiger partial charge in [0.1, 0.15) is 16.8 Å². The van der Waals surface area contributed by atoms with Crippen molar-refractivity contribution in [3.63, 3.8) is 0 Å². The predicted octanol–water partition coefficient (Wildman–Crippen LogP) is 5.95. The number of halogens is 5. The molecule has 3 aromatic rings. The number of aromatic nitrogens is 4. The Labute approximate surface area is 209 Å². The largest absolute Gasteiger partial charge is 0.490 e. The molecule has 0 saturated carbocycles. The van der Waals surface area contributed by atoms with Gasteiger partial charge < -0.3 is 9.47 Å². The summed E-state index contributed by atoms with van der Waals surface area (Å²) >= 11 is 29.6. The van der Waals surface area contributed by atoms with Crippen molar-refractivity contribution in [3.8, 4) is 17.2 Å². The Morgan fingerprint density at radius 2 is 1.78 bits per heavy atom. The molecule has 0 N–H and O–H groups in total. The van der Waals surface area contributed by atoms with Crippen molar-refractivity contribution >= 4 is 58.0 Å². The maximum absolute atomic E-state index is 12.1. The second kappa shape index (κ2) is 11.8. The highest BCUT2D eigenvalue weighted by atomic mass is 35.5. The average molecular weight is 539 g/mol. The molecule has 3 rings (SSSR count). The monoisotopic (exact) mass is 536 g/mol. The molecule has 2 aromatic carbocycles. The third-order valence-corrected chi connectivity index (χ3v) is 5.26. The Hall–Kier alpha value is -1.90. The summed E-state index contributed by atoms with van der Waals surface area (Å²) in [5.41, 5.74) is 0.113. The molecule has 1 aromatic heterocycles. The zero-order valence-corrected chi connectivity index (χ0v) is 20.3. The van der Waals surface area contributed by atoms with Crippen LogP contribution in [0.25, 0.3) is 5.69 Å². The van der Waals surface area contributed by atoms with E-state index in [9.17, 15) is 4.79 Å². The van der Waals surface area contributed by atoms with E-state index in [2.05, 4.69) is 10.3 Å². The van der Waals surface area contributed by atoms with E-state index in [-0.39, 0.29) is 11.1 Å². The number of ether oxygens (including phenoxy) is 2. The van der Waals surface area contributed by atoms with Crippen LogP contribution in [0.15, 0.2) is 51.8 Å². The van der Waals surface area contributed by atoms with Gasteiger partial charge >= 0.3 is 5.69 Å². The first kappa shape index (κ1) is 24.7. The van der Waals surface area contributed by atoms with Crippen LogP contribution in [0.4, 0.5) is 0 Å². The summed E-state index contributed by atoms with van der Waals surface area (Å²) in [6.45, 7) is 0.994. The standard InChI is InChI=1S/C20H17Cl5N4O3/c21-13-4-3-5-14(10-13)29-20(30)26-27-28(29)7-1-2-8-32-19-16(22)11-15(12-17(19)23)31-9-6-18(24)25/h3-6,10-12H,1-2,7-9H2. The average Bonchev–Trinajstić information content (AvgIpc) is 3.09. The number of nitrogens with zero attached hydrogens (tertiary/aromatic N) is 4. The van der Waals surface area contributed by atoms with E-state index in [0.717, 1.165) is 0 Å². The van der Waals surface area contributed by atoms with Gasteiger partial charge in [-0.25, -0.2) is 4.79 Å². The minimum Gasteiger partial charge on any atom is -0.490 e. The molecule has 0 unspecified atom stereocenters. The van der Waals surface area contributed by atoms with Crippen LogP contribution in [0, 0.1) is 0 Å². The summed E-state index contributed by atoms with van der Waals surface area (Å²) in [6.07, 6.45) is 2.83. The lowest BCUT2D eigenvalue weighted by molar-refractivity contribution is 0.297. The van der Waals surface area contributed by atoms with Gasteiger partial charge in [-0.1, -0.05) is 69.2 Å². The normalized spacial score (nSPS) is 10.8. The van der Waals surface area contributed by atoms with Gasteiger partial charge in [-0.3, -0.25) is 0 Å². The first-order valence-electron chi connectivity index (χ1n) is 9.39. The molecule has 12 heteroatoms. The van der Waals surface area contributed by atoms with Crippen molar-refractivity contribution in [3.05, 3.63) is 72.5 Å². The van der Waals surface area contributed by atoms with Crippen molar-refractivity contribution in [2.75, 3.05) is 13.2 Å². The fourth-order valence-electron chi connectivity index (χ4n) is 2.76. The molecule has 0 radical (unpaired) electrons. The molecule has 0 aliphatic carbocycles. The van der Waals surface area contributed by atoms with Crippen molar-refractivity contribution in [1.82, 2.24) is 19.8 Å². The van der Waals surface area contributed by atoms with E-state index in [4.69, 9.17) is 67.5 Å². The summed E-state index contributed by atoms with van der Waals surface area (Å²) in [5.74, 6) is 0.826. The van der Waals surface area contributed by atoms with E-state index in [1.165, 1.54) is 15.6 Å². The molecule has 0 fully saturated rings. The SMILES string of the molecule is O=c1nnn(CCCCOc2c(Cl)cc(OCC=C(Cl)Cl)cc2Cl)n1-c1cccc(Cl)c1. The van der Waals surface area contributed by atoms with Gasteiger partial charge in [0, 0.05) is 17.2 Å². The molecule has 0 spiro atoms. The second-order valence-electron chi connectivity index (χ2n) is 6.44. The van der Waals surface area contributed by atoms with Gasteiger partial charge in [0.15, 0.2) is 5.75 Å². The highest BCUT2D eigenvalue weighted by Gasteiger charge is 2.12. The lowest BCUT2D eigenvalue weighted by Gasteiger charge is -2.12. The van der Waals surface area contributed by atoms with Gasteiger partial charge in [0.25, 0.3) is 0 Å². The minimum atomic E-state index is -0.479. The number of aryl methyl sites for hydroxylation is 1. The Balaban J connectivity index is 1.53. The van der Waals surface area contributed by atoms with Gasteiger partial charge in [-0.2, -0.15) is 9.48 Å². The maximum Gasteiger partial charge on any atom is 0.388 e. The molecule has 0 aliphatic heterocycles. The lowest BCUT2D eigenvalue weighted by atomic mass is 10.3. The summed E-state index contributed by atoms with van der Waals surface area (Å²) in [5, 5.41) is 8.67. The number of unbranched alkanes of at least 4 members (excludes halogenated alkanes) is 1. The van der Waals surface area contributed by atoms with Crippen molar-refractivity contribution < 1.29 is 9.47 Å². The summed E-state index contributed by atoms with van der Waals surface area (Å²) in [6, 6.07) is 10.1. The zero-order chi connectivity index (χ0) is 23.1. The van der Waals surface area contributed by atoms with E-state index in [0.29, 0.717) is 58.2 Å². The third kappa shape index (κ3) is 6.80. The van der Waals surface area contributed by atoms with Gasteiger partial charge in [0.05, 0.1) is 28.9 Å². The van der Waals surface area contributed by atoms with Gasteiger partial charge in [0.2, 0.25) is 0 Å². The van der Waals surface area contributed by atoms with Crippen LogP contribution in [0.5, 0.6) is 11.5 Å². The second-order valence-corrected chi connectivity index (χ2v) is 8.69. The molecule has 32 heavy (non-hydrogen) atoms. The summed E-state index contributed by atoms with van der Waals surface area (Å²) in [4.78, 5) is 13.6. The molecule has 7 nitrogen and oxygen atoms in total. The summed E-state index contributed by atoms with van der Waals surface area (Å²) in [7, 11) is 0. The van der Waals surface area contributed by atoms with Crippen LogP contribution in [-0.2, 0) is 6.54 Å². The van der Waals surface area contributed by atoms with Crippen LogP contribution in [0.3, 0.4) is 0 Å². The van der Waals surface area contributed by atoms with Crippen molar-refractivity contribution in [2.24, 2.45) is 0 Å². The highest BCUT2D eigenvalue weighted by molar-refractivity contribution is 6.55. The van der Waals surface area contributed by atoms with Gasteiger partial charge in [-0.15, -0.1) is 0 Å².